The summed E-state index contributed by atoms with van der Waals surface area (Å²) in [5.41, 5.74) is 1.42. The Morgan fingerprint density at radius 1 is 1.36 bits per heavy atom. The molecule has 2 aromatic rings. The van der Waals surface area contributed by atoms with E-state index in [0.717, 1.165) is 12.1 Å². The summed E-state index contributed by atoms with van der Waals surface area (Å²) in [5.74, 6) is 0.759. The summed E-state index contributed by atoms with van der Waals surface area (Å²) in [7, 11) is 3.18. The van der Waals surface area contributed by atoms with Crippen LogP contribution in [0.4, 0.5) is 0 Å². The van der Waals surface area contributed by atoms with Crippen molar-refractivity contribution in [1.82, 2.24) is 14.9 Å². The first-order valence-corrected chi connectivity index (χ1v) is 10.8. The van der Waals surface area contributed by atoms with Crippen LogP contribution in [0.25, 0.3) is 5.69 Å². The van der Waals surface area contributed by atoms with Gasteiger partial charge in [0.2, 0.25) is 5.91 Å². The van der Waals surface area contributed by atoms with Crippen LogP contribution in [0.2, 0.25) is 0 Å². The van der Waals surface area contributed by atoms with Gasteiger partial charge in [-0.1, -0.05) is 18.7 Å². The third-order valence-electron chi connectivity index (χ3n) is 4.17. The number of hydrogen-bond donors (Lipinski definition) is 1. The van der Waals surface area contributed by atoms with Gasteiger partial charge in [-0.05, 0) is 24.3 Å². The Kier molecular flexibility index (Phi) is 7.03. The highest BCUT2D eigenvalue weighted by atomic mass is 32.2. The molecule has 1 N–H and O–H groups in total. The molecule has 0 spiro atoms. The van der Waals surface area contributed by atoms with Gasteiger partial charge >= 0.3 is 0 Å². The van der Waals surface area contributed by atoms with Crippen LogP contribution >= 0.6 is 23.5 Å². The number of nitrogens with zero attached hydrogens (tertiary/aromatic N) is 2. The minimum absolute atomic E-state index is 0.0909. The maximum absolute atomic E-state index is 13.2. The second-order valence-electron chi connectivity index (χ2n) is 6.27. The number of methoxy groups -OCH3 is 2. The van der Waals surface area contributed by atoms with Gasteiger partial charge in [-0.25, -0.2) is 4.98 Å². The molecule has 0 bridgehead atoms. The molecule has 1 amide bonds. The van der Waals surface area contributed by atoms with E-state index in [2.05, 4.69) is 12.2 Å². The van der Waals surface area contributed by atoms with E-state index in [1.54, 1.807) is 42.7 Å². The van der Waals surface area contributed by atoms with E-state index in [1.807, 2.05) is 12.1 Å². The van der Waals surface area contributed by atoms with Crippen molar-refractivity contribution in [1.29, 1.82) is 0 Å². The van der Waals surface area contributed by atoms with Gasteiger partial charge in [0, 0.05) is 25.3 Å². The van der Waals surface area contributed by atoms with Crippen LogP contribution in [0.15, 0.2) is 39.1 Å². The summed E-state index contributed by atoms with van der Waals surface area (Å²) in [6.45, 7) is 2.99. The zero-order chi connectivity index (χ0) is 20.1. The number of hydrogen-bond acceptors (Lipinski definition) is 7. The largest absolute Gasteiger partial charge is 0.497 e. The average Bonchev–Trinajstić information content (AvgIpc) is 3.07. The molecule has 2 heterocycles. The Labute approximate surface area is 172 Å². The van der Waals surface area contributed by atoms with Crippen molar-refractivity contribution in [3.63, 3.8) is 0 Å². The molecule has 28 heavy (non-hydrogen) atoms. The normalized spacial score (nSPS) is 15.3. The van der Waals surface area contributed by atoms with Crippen LogP contribution in [0.3, 0.4) is 0 Å². The molecule has 3 rings (SSSR count). The Bertz CT molecular complexity index is 899. The van der Waals surface area contributed by atoms with Crippen LogP contribution < -0.4 is 15.6 Å². The number of rotatable bonds is 8. The monoisotopic (exact) mass is 421 g/mol. The molecule has 150 valence electrons. The van der Waals surface area contributed by atoms with Crippen molar-refractivity contribution < 1.29 is 14.3 Å². The minimum Gasteiger partial charge on any atom is -0.497 e. The first-order valence-electron chi connectivity index (χ1n) is 8.89. The highest BCUT2D eigenvalue weighted by Crippen LogP contribution is 2.35. The van der Waals surface area contributed by atoms with Crippen LogP contribution in [-0.2, 0) is 16.0 Å². The number of nitrogens with one attached hydrogen (secondary N) is 1. The molecule has 1 aliphatic rings. The van der Waals surface area contributed by atoms with Gasteiger partial charge in [0.05, 0.1) is 35.7 Å². The number of amides is 1. The van der Waals surface area contributed by atoms with Gasteiger partial charge < -0.3 is 14.8 Å². The number of ether oxygens (including phenoxy) is 2. The van der Waals surface area contributed by atoms with E-state index >= 15 is 0 Å². The Balaban J connectivity index is 1.91. The lowest BCUT2D eigenvalue weighted by Crippen LogP contribution is -2.29. The molecule has 0 radical (unpaired) electrons. The fraction of sp³-hybridized carbons (Fsp3) is 0.421. The molecular formula is C19H23N3O4S2. The van der Waals surface area contributed by atoms with Crippen molar-refractivity contribution in [2.45, 2.75) is 28.6 Å². The van der Waals surface area contributed by atoms with Gasteiger partial charge in [-0.15, -0.1) is 11.8 Å². The molecule has 0 saturated heterocycles. The van der Waals surface area contributed by atoms with Crippen LogP contribution in [0, 0.1) is 0 Å². The standard InChI is InChI=1S/C19H23N3O4S2/c1-12-10-15-17(28-12)18(24)22(13-4-6-14(26-3)7-5-13)19(21-15)27-11-16(23)20-8-9-25-2/h4-7,12H,8-11H2,1-3H3,(H,20,23). The minimum atomic E-state index is -0.124. The maximum Gasteiger partial charge on any atom is 0.272 e. The summed E-state index contributed by atoms with van der Waals surface area (Å²) < 4.78 is 11.7. The zero-order valence-electron chi connectivity index (χ0n) is 16.1. The van der Waals surface area contributed by atoms with E-state index in [0.29, 0.717) is 39.9 Å². The molecule has 7 nitrogen and oxygen atoms in total. The van der Waals surface area contributed by atoms with Crippen molar-refractivity contribution >= 4 is 29.4 Å². The lowest BCUT2D eigenvalue weighted by Gasteiger charge is -2.14. The van der Waals surface area contributed by atoms with E-state index in [1.165, 1.54) is 11.8 Å². The van der Waals surface area contributed by atoms with Gasteiger partial charge in [-0.2, -0.15) is 0 Å². The lowest BCUT2D eigenvalue weighted by molar-refractivity contribution is -0.118. The van der Waals surface area contributed by atoms with Crippen molar-refractivity contribution in [2.24, 2.45) is 0 Å². The fourth-order valence-corrected chi connectivity index (χ4v) is 4.78. The number of carbonyl (C=O) groups is 1. The first kappa shape index (κ1) is 20.8. The molecule has 1 aromatic carbocycles. The predicted molar refractivity (Wildman–Crippen MR) is 111 cm³/mol. The quantitative estimate of drug-likeness (QED) is 0.397. The smallest absolute Gasteiger partial charge is 0.272 e. The molecule has 0 saturated carbocycles. The Hall–Kier alpha value is -1.97. The number of benzene rings is 1. The molecule has 1 unspecified atom stereocenters. The van der Waals surface area contributed by atoms with Crippen LogP contribution in [0.1, 0.15) is 12.6 Å². The number of carbonyl (C=O) groups excluding carboxylic acids is 1. The zero-order valence-corrected chi connectivity index (χ0v) is 17.7. The van der Waals surface area contributed by atoms with E-state index in [4.69, 9.17) is 14.5 Å². The topological polar surface area (TPSA) is 82.5 Å². The SMILES string of the molecule is COCCNC(=O)CSc1nc2c(c(=O)n1-c1ccc(OC)cc1)SC(C)C2. The number of aromatic nitrogens is 2. The van der Waals surface area contributed by atoms with Crippen molar-refractivity contribution in [2.75, 3.05) is 33.1 Å². The second kappa shape index (κ2) is 9.49. The van der Waals surface area contributed by atoms with Gasteiger partial charge in [-0.3, -0.25) is 14.2 Å². The second-order valence-corrected chi connectivity index (χ2v) is 8.66. The highest BCUT2D eigenvalue weighted by molar-refractivity contribution is 8.00. The molecule has 9 heteroatoms. The average molecular weight is 422 g/mol. The van der Waals surface area contributed by atoms with Crippen molar-refractivity contribution in [3.05, 3.63) is 40.3 Å². The van der Waals surface area contributed by atoms with Gasteiger partial charge in [0.25, 0.3) is 5.56 Å². The predicted octanol–water partition coefficient (Wildman–Crippen LogP) is 2.13. The van der Waals surface area contributed by atoms with Crippen molar-refractivity contribution in [3.8, 4) is 11.4 Å². The molecule has 1 aromatic heterocycles. The molecular weight excluding hydrogens is 398 g/mol. The molecule has 1 atom stereocenters. The third-order valence-corrected chi connectivity index (χ3v) is 6.33. The summed E-state index contributed by atoms with van der Waals surface area (Å²) in [4.78, 5) is 30.7. The van der Waals surface area contributed by atoms with Gasteiger partial charge in [0.1, 0.15) is 5.75 Å². The van der Waals surface area contributed by atoms with Gasteiger partial charge in [0.15, 0.2) is 5.16 Å². The van der Waals surface area contributed by atoms with E-state index in [-0.39, 0.29) is 17.2 Å². The van der Waals surface area contributed by atoms with Crippen LogP contribution in [0.5, 0.6) is 5.75 Å². The first-order chi connectivity index (χ1) is 13.5. The molecule has 1 aliphatic heterocycles. The third kappa shape index (κ3) is 4.71. The summed E-state index contributed by atoms with van der Waals surface area (Å²) in [6, 6.07) is 7.24. The maximum atomic E-state index is 13.2. The fourth-order valence-electron chi connectivity index (χ4n) is 2.83. The Morgan fingerprint density at radius 2 is 2.11 bits per heavy atom. The Morgan fingerprint density at radius 3 is 2.79 bits per heavy atom. The summed E-state index contributed by atoms with van der Waals surface area (Å²) >= 11 is 2.82. The molecule has 0 aliphatic carbocycles. The number of fused-ring (bicyclic) bond motifs is 1. The summed E-state index contributed by atoms with van der Waals surface area (Å²) in [5, 5.41) is 3.62. The van der Waals surface area contributed by atoms with E-state index in [9.17, 15) is 9.59 Å². The van der Waals surface area contributed by atoms with Crippen LogP contribution in [-0.4, -0.2) is 53.8 Å². The highest BCUT2D eigenvalue weighted by Gasteiger charge is 2.27. The molecule has 0 fully saturated rings. The number of thioether (sulfide) groups is 2. The lowest BCUT2D eigenvalue weighted by atomic mass is 10.2. The summed E-state index contributed by atoms with van der Waals surface area (Å²) in [6.07, 6.45) is 0.756. The van der Waals surface area contributed by atoms with E-state index < -0.39 is 0 Å².